The number of ether oxygens (including phenoxy) is 2. The molecule has 1 fully saturated rings. The summed E-state index contributed by atoms with van der Waals surface area (Å²) in [5.41, 5.74) is 2.22. The molecule has 1 aromatic heterocycles. The van der Waals surface area contributed by atoms with E-state index in [-0.39, 0.29) is 11.9 Å². The van der Waals surface area contributed by atoms with Crippen LogP contribution in [0.3, 0.4) is 0 Å². The predicted octanol–water partition coefficient (Wildman–Crippen LogP) is 4.99. The standard InChI is InChI=1S/C19H15Cl2NO4/c20-14-5-13(6-15(21)8-14)18-22-16-2-1-12(7-17(16)26-18)19(23)25-10-11-3-4-24-9-11/h1-2,5-8,11H,3-4,9-10H2. The van der Waals surface area contributed by atoms with Crippen molar-refractivity contribution in [3.8, 4) is 11.5 Å². The van der Waals surface area contributed by atoms with Gasteiger partial charge in [0.1, 0.15) is 5.52 Å². The van der Waals surface area contributed by atoms with Gasteiger partial charge in [-0.1, -0.05) is 23.2 Å². The first kappa shape index (κ1) is 17.3. The lowest BCUT2D eigenvalue weighted by atomic mass is 10.1. The predicted molar refractivity (Wildman–Crippen MR) is 98.7 cm³/mol. The minimum atomic E-state index is -0.387. The summed E-state index contributed by atoms with van der Waals surface area (Å²) in [6.45, 7) is 1.72. The molecule has 0 saturated carbocycles. The van der Waals surface area contributed by atoms with Crippen LogP contribution in [0.25, 0.3) is 22.6 Å². The molecule has 0 N–H and O–H groups in total. The molecule has 3 aromatic rings. The molecule has 0 amide bonds. The zero-order valence-corrected chi connectivity index (χ0v) is 15.2. The number of carbonyl (C=O) groups is 1. The lowest BCUT2D eigenvalue weighted by molar-refractivity contribution is 0.0428. The van der Waals surface area contributed by atoms with Crippen molar-refractivity contribution in [1.29, 1.82) is 0 Å². The quantitative estimate of drug-likeness (QED) is 0.585. The summed E-state index contributed by atoms with van der Waals surface area (Å²) in [4.78, 5) is 16.7. The van der Waals surface area contributed by atoms with Crippen LogP contribution in [-0.2, 0) is 9.47 Å². The lowest BCUT2D eigenvalue weighted by Gasteiger charge is -2.08. The smallest absolute Gasteiger partial charge is 0.338 e. The molecule has 1 unspecified atom stereocenters. The fourth-order valence-corrected chi connectivity index (χ4v) is 3.37. The minimum absolute atomic E-state index is 0.271. The fourth-order valence-electron chi connectivity index (χ4n) is 2.84. The van der Waals surface area contributed by atoms with E-state index in [1.165, 1.54) is 0 Å². The monoisotopic (exact) mass is 391 g/mol. The number of carbonyl (C=O) groups excluding carboxylic acids is 1. The Morgan fingerprint density at radius 3 is 2.73 bits per heavy atom. The van der Waals surface area contributed by atoms with Crippen LogP contribution in [0.2, 0.25) is 10.0 Å². The van der Waals surface area contributed by atoms with Gasteiger partial charge >= 0.3 is 5.97 Å². The van der Waals surface area contributed by atoms with Gasteiger partial charge in [0.05, 0.1) is 18.8 Å². The number of benzene rings is 2. The molecule has 1 atom stereocenters. The number of nitrogens with zero attached hydrogens (tertiary/aromatic N) is 1. The molecule has 1 aliphatic rings. The van der Waals surface area contributed by atoms with Crippen LogP contribution in [0.4, 0.5) is 0 Å². The molecule has 0 bridgehead atoms. The molecule has 134 valence electrons. The third kappa shape index (κ3) is 3.70. The number of hydrogen-bond donors (Lipinski definition) is 0. The highest BCUT2D eigenvalue weighted by molar-refractivity contribution is 6.35. The summed E-state index contributed by atoms with van der Waals surface area (Å²) in [5, 5.41) is 0.991. The Morgan fingerprint density at radius 1 is 1.19 bits per heavy atom. The Bertz CT molecular complexity index is 943. The zero-order valence-electron chi connectivity index (χ0n) is 13.7. The highest BCUT2D eigenvalue weighted by Gasteiger charge is 2.19. The van der Waals surface area contributed by atoms with Gasteiger partial charge in [-0.25, -0.2) is 9.78 Å². The Kier molecular flexibility index (Phi) is 4.85. The number of aromatic nitrogens is 1. The summed E-state index contributed by atoms with van der Waals surface area (Å²) in [6.07, 6.45) is 0.917. The number of hydrogen-bond acceptors (Lipinski definition) is 5. The topological polar surface area (TPSA) is 61.6 Å². The zero-order chi connectivity index (χ0) is 18.1. The van der Waals surface area contributed by atoms with Gasteiger partial charge in [0, 0.05) is 28.1 Å². The van der Waals surface area contributed by atoms with Crippen molar-refractivity contribution < 1.29 is 18.7 Å². The molecule has 1 saturated heterocycles. The van der Waals surface area contributed by atoms with Gasteiger partial charge in [-0.15, -0.1) is 0 Å². The number of rotatable bonds is 4. The molecular weight excluding hydrogens is 377 g/mol. The number of halogens is 2. The number of fused-ring (bicyclic) bond motifs is 1. The van der Waals surface area contributed by atoms with Crippen molar-refractivity contribution in [2.24, 2.45) is 5.92 Å². The molecule has 0 radical (unpaired) electrons. The van der Waals surface area contributed by atoms with E-state index in [9.17, 15) is 4.79 Å². The van der Waals surface area contributed by atoms with Crippen LogP contribution in [0.15, 0.2) is 40.8 Å². The Hall–Kier alpha value is -2.08. The van der Waals surface area contributed by atoms with Crippen molar-refractivity contribution in [3.05, 3.63) is 52.0 Å². The van der Waals surface area contributed by atoms with Gasteiger partial charge in [-0.2, -0.15) is 0 Å². The first-order valence-electron chi connectivity index (χ1n) is 8.20. The summed E-state index contributed by atoms with van der Waals surface area (Å²) < 4.78 is 16.4. The van der Waals surface area contributed by atoms with Gasteiger partial charge < -0.3 is 13.9 Å². The van der Waals surface area contributed by atoms with E-state index in [4.69, 9.17) is 37.1 Å². The number of esters is 1. The maximum atomic E-state index is 12.3. The van der Waals surface area contributed by atoms with E-state index in [1.807, 2.05) is 0 Å². The molecule has 4 rings (SSSR count). The minimum Gasteiger partial charge on any atom is -0.462 e. The second-order valence-electron chi connectivity index (χ2n) is 6.19. The van der Waals surface area contributed by atoms with Gasteiger partial charge in [0.15, 0.2) is 5.58 Å². The van der Waals surface area contributed by atoms with Gasteiger partial charge in [0.25, 0.3) is 0 Å². The van der Waals surface area contributed by atoms with Crippen LogP contribution >= 0.6 is 23.2 Å². The van der Waals surface area contributed by atoms with E-state index in [2.05, 4.69) is 4.98 Å². The first-order chi connectivity index (χ1) is 12.6. The maximum Gasteiger partial charge on any atom is 0.338 e. The molecule has 26 heavy (non-hydrogen) atoms. The van der Waals surface area contributed by atoms with E-state index in [0.29, 0.717) is 51.4 Å². The highest BCUT2D eigenvalue weighted by Crippen LogP contribution is 2.29. The molecule has 0 spiro atoms. The second kappa shape index (κ2) is 7.27. The van der Waals surface area contributed by atoms with Crippen LogP contribution in [0.1, 0.15) is 16.8 Å². The maximum absolute atomic E-state index is 12.3. The summed E-state index contributed by atoms with van der Waals surface area (Å²) in [5.74, 6) is 0.271. The summed E-state index contributed by atoms with van der Waals surface area (Å²) >= 11 is 12.1. The second-order valence-corrected chi connectivity index (χ2v) is 7.06. The van der Waals surface area contributed by atoms with E-state index in [0.717, 1.165) is 13.0 Å². The molecular formula is C19H15Cl2NO4. The van der Waals surface area contributed by atoms with Crippen LogP contribution in [0, 0.1) is 5.92 Å². The number of oxazole rings is 1. The van der Waals surface area contributed by atoms with Crippen molar-refractivity contribution in [3.63, 3.8) is 0 Å². The molecule has 1 aliphatic heterocycles. The normalized spacial score (nSPS) is 16.9. The summed E-state index contributed by atoms with van der Waals surface area (Å²) in [7, 11) is 0. The van der Waals surface area contributed by atoms with Crippen LogP contribution in [0.5, 0.6) is 0 Å². The molecule has 2 aromatic carbocycles. The van der Waals surface area contributed by atoms with Gasteiger partial charge in [-0.3, -0.25) is 0 Å². The van der Waals surface area contributed by atoms with E-state index in [1.54, 1.807) is 36.4 Å². The molecule has 0 aliphatic carbocycles. The Labute approximate surface area is 159 Å². The lowest BCUT2D eigenvalue weighted by Crippen LogP contribution is -2.14. The highest BCUT2D eigenvalue weighted by atomic mass is 35.5. The average molecular weight is 392 g/mol. The van der Waals surface area contributed by atoms with Crippen molar-refractivity contribution in [2.75, 3.05) is 19.8 Å². The van der Waals surface area contributed by atoms with E-state index < -0.39 is 0 Å². The fraction of sp³-hybridized carbons (Fsp3) is 0.263. The van der Waals surface area contributed by atoms with Crippen molar-refractivity contribution >= 4 is 40.3 Å². The molecule has 5 nitrogen and oxygen atoms in total. The molecule has 2 heterocycles. The first-order valence-corrected chi connectivity index (χ1v) is 8.96. The largest absolute Gasteiger partial charge is 0.462 e. The van der Waals surface area contributed by atoms with Crippen LogP contribution < -0.4 is 0 Å². The average Bonchev–Trinajstić information content (AvgIpc) is 3.27. The van der Waals surface area contributed by atoms with Crippen LogP contribution in [-0.4, -0.2) is 30.8 Å². The van der Waals surface area contributed by atoms with E-state index >= 15 is 0 Å². The Balaban J connectivity index is 1.56. The van der Waals surface area contributed by atoms with Crippen molar-refractivity contribution in [2.45, 2.75) is 6.42 Å². The van der Waals surface area contributed by atoms with Gasteiger partial charge in [-0.05, 0) is 42.8 Å². The van der Waals surface area contributed by atoms with Crippen molar-refractivity contribution in [1.82, 2.24) is 4.98 Å². The SMILES string of the molecule is O=C(OCC1CCOC1)c1ccc2nc(-c3cc(Cl)cc(Cl)c3)oc2c1. The third-order valence-corrected chi connectivity index (χ3v) is 4.64. The third-order valence-electron chi connectivity index (χ3n) is 4.21. The van der Waals surface area contributed by atoms with Gasteiger partial charge in [0.2, 0.25) is 5.89 Å². The Morgan fingerprint density at radius 2 is 2.00 bits per heavy atom. The molecule has 7 heteroatoms. The summed E-state index contributed by atoms with van der Waals surface area (Å²) in [6, 6.07) is 10.1.